The summed E-state index contributed by atoms with van der Waals surface area (Å²) in [5.41, 5.74) is 0. The minimum Gasteiger partial charge on any atom is -0.394 e. The maximum absolute atomic E-state index is 13.4. The van der Waals surface area contributed by atoms with Crippen molar-refractivity contribution in [2.75, 3.05) is 19.8 Å². The van der Waals surface area contributed by atoms with Gasteiger partial charge in [0.05, 0.1) is 32.0 Å². The molecule has 9 N–H and O–H groups in total. The van der Waals surface area contributed by atoms with Crippen LogP contribution in [0.15, 0.2) is 48.6 Å². The fourth-order valence-corrected chi connectivity index (χ4v) is 14.2. The van der Waals surface area contributed by atoms with Crippen LogP contribution in [-0.4, -0.2) is 140 Å². The first-order chi connectivity index (χ1) is 49.1. The number of hydrogen-bond acceptors (Lipinski definition) is 13. The van der Waals surface area contributed by atoms with Crippen LogP contribution in [0.2, 0.25) is 0 Å². The number of rotatable bonds is 73. The summed E-state index contributed by atoms with van der Waals surface area (Å²) in [7, 11) is 0. The standard InChI is InChI=1S/C86H161NO13/c1-3-5-7-9-11-13-15-17-19-21-23-25-27-29-31-33-35-37-39-41-43-45-47-49-51-53-55-57-59-61-63-65-67-69-75(90)74(73-97-85-83(96)81(94)84(77(72-89)99-85)100-86-82(95)80(93)79(92)76(71-88)98-86)87-78(91)70-68-66-64-62-60-58-56-54-52-50-48-46-44-42-40-38-36-34-32-30-28-26-24-22-20-18-16-14-12-10-8-6-4-2/h16,18,22,24,28,30,67,69,74-77,79-86,88-90,92-96H,3-15,17,19-21,23,25-27,29,31-66,68,70-73H2,1-2H3,(H,87,91)/b18-16-,24-22-,30-28-,69-67+. The number of carbonyl (C=O) groups is 1. The van der Waals surface area contributed by atoms with E-state index in [0.717, 1.165) is 51.4 Å². The average Bonchev–Trinajstić information content (AvgIpc) is 0.791. The second-order valence-corrected chi connectivity index (χ2v) is 30.3. The summed E-state index contributed by atoms with van der Waals surface area (Å²) in [6.45, 7) is 2.86. The first-order valence-corrected chi connectivity index (χ1v) is 42.9. The molecule has 12 unspecified atom stereocenters. The quantitative estimate of drug-likeness (QED) is 0.0204. The number of amides is 1. The van der Waals surface area contributed by atoms with E-state index < -0.39 is 86.8 Å². The van der Waals surface area contributed by atoms with E-state index in [2.05, 4.69) is 55.6 Å². The molecule has 0 aliphatic carbocycles. The summed E-state index contributed by atoms with van der Waals surface area (Å²) in [5.74, 6) is -0.232. The Kier molecular flexibility index (Phi) is 65.8. The first-order valence-electron chi connectivity index (χ1n) is 42.9. The van der Waals surface area contributed by atoms with Crippen LogP contribution in [-0.2, 0) is 23.7 Å². The zero-order chi connectivity index (χ0) is 72.2. The van der Waals surface area contributed by atoms with Crippen LogP contribution in [0.3, 0.4) is 0 Å². The van der Waals surface area contributed by atoms with Gasteiger partial charge >= 0.3 is 0 Å². The molecule has 2 heterocycles. The largest absolute Gasteiger partial charge is 0.394 e. The Hall–Kier alpha value is -2.05. The number of aliphatic hydroxyl groups is 8. The third kappa shape index (κ3) is 52.0. The minimum absolute atomic E-state index is 0.232. The highest BCUT2D eigenvalue weighted by Gasteiger charge is 2.51. The van der Waals surface area contributed by atoms with Crippen molar-refractivity contribution < 1.29 is 64.6 Å². The van der Waals surface area contributed by atoms with Crippen LogP contribution in [0, 0.1) is 0 Å². The van der Waals surface area contributed by atoms with Gasteiger partial charge in [-0.15, -0.1) is 0 Å². The summed E-state index contributed by atoms with van der Waals surface area (Å²) in [5, 5.41) is 87.8. The Balaban J connectivity index is 1.59. The van der Waals surface area contributed by atoms with Crippen molar-refractivity contribution in [3.05, 3.63) is 48.6 Å². The van der Waals surface area contributed by atoms with Gasteiger partial charge in [0.2, 0.25) is 5.91 Å². The Morgan fingerprint density at radius 3 is 1.01 bits per heavy atom. The molecule has 0 radical (unpaired) electrons. The summed E-state index contributed by atoms with van der Waals surface area (Å²) in [6.07, 6.45) is 77.8. The fraction of sp³-hybridized carbons (Fsp3) is 0.895. The van der Waals surface area contributed by atoms with Crippen molar-refractivity contribution in [3.8, 4) is 0 Å². The van der Waals surface area contributed by atoms with Crippen molar-refractivity contribution in [1.29, 1.82) is 0 Å². The highest BCUT2D eigenvalue weighted by Crippen LogP contribution is 2.30. The molecule has 588 valence electrons. The topological polar surface area (TPSA) is 228 Å². The second-order valence-electron chi connectivity index (χ2n) is 30.3. The summed E-state index contributed by atoms with van der Waals surface area (Å²) in [6, 6.07) is -0.917. The predicted octanol–water partition coefficient (Wildman–Crippen LogP) is 20.1. The Labute approximate surface area is 614 Å². The van der Waals surface area contributed by atoms with Crippen LogP contribution in [0.4, 0.5) is 0 Å². The number of allylic oxidation sites excluding steroid dienone is 7. The van der Waals surface area contributed by atoms with Crippen LogP contribution in [0.5, 0.6) is 0 Å². The SMILES string of the molecule is CCCCCCC/C=C\C/C=C\C/C=C\CCCCCCCCCCCCCCCCCCCCC(=O)NC(COC1OC(CO)C(OC2OC(CO)C(O)C(O)C2O)C(O)C1O)C(O)/C=C/CCCCCCCCCCCCCCCCCCCCCCCCCCCCCCCCC. The van der Waals surface area contributed by atoms with Gasteiger partial charge in [0.15, 0.2) is 12.6 Å². The van der Waals surface area contributed by atoms with E-state index in [9.17, 15) is 45.6 Å². The Bertz CT molecular complexity index is 1870. The van der Waals surface area contributed by atoms with Crippen LogP contribution < -0.4 is 5.32 Å². The lowest BCUT2D eigenvalue weighted by Gasteiger charge is -2.46. The fourth-order valence-electron chi connectivity index (χ4n) is 14.2. The van der Waals surface area contributed by atoms with E-state index in [1.54, 1.807) is 6.08 Å². The van der Waals surface area contributed by atoms with E-state index in [4.69, 9.17) is 18.9 Å². The van der Waals surface area contributed by atoms with E-state index in [1.165, 1.54) is 321 Å². The maximum Gasteiger partial charge on any atom is 0.220 e. The van der Waals surface area contributed by atoms with Crippen LogP contribution >= 0.6 is 0 Å². The average molecular weight is 1420 g/mol. The maximum atomic E-state index is 13.4. The molecule has 0 aromatic rings. The molecular weight excluding hydrogens is 1250 g/mol. The molecule has 2 fully saturated rings. The van der Waals surface area contributed by atoms with Crippen molar-refractivity contribution in [2.24, 2.45) is 0 Å². The molecule has 0 spiro atoms. The lowest BCUT2D eigenvalue weighted by atomic mass is 9.97. The summed E-state index contributed by atoms with van der Waals surface area (Å²) >= 11 is 0. The minimum atomic E-state index is -1.79. The van der Waals surface area contributed by atoms with Gasteiger partial charge in [0, 0.05) is 6.42 Å². The summed E-state index contributed by atoms with van der Waals surface area (Å²) in [4.78, 5) is 13.4. The van der Waals surface area contributed by atoms with Gasteiger partial charge < -0.3 is 65.1 Å². The molecule has 2 saturated heterocycles. The Morgan fingerprint density at radius 2 is 0.660 bits per heavy atom. The second kappa shape index (κ2) is 70.0. The molecule has 0 aromatic heterocycles. The third-order valence-corrected chi connectivity index (χ3v) is 21.0. The molecule has 0 bridgehead atoms. The van der Waals surface area contributed by atoms with E-state index in [-0.39, 0.29) is 18.9 Å². The number of unbranched alkanes of at least 4 members (excludes halogenated alkanes) is 54. The Morgan fingerprint density at radius 1 is 0.360 bits per heavy atom. The van der Waals surface area contributed by atoms with E-state index >= 15 is 0 Å². The number of hydrogen-bond donors (Lipinski definition) is 9. The van der Waals surface area contributed by atoms with Crippen molar-refractivity contribution in [3.63, 3.8) is 0 Å². The van der Waals surface area contributed by atoms with Gasteiger partial charge in [0.25, 0.3) is 0 Å². The van der Waals surface area contributed by atoms with Crippen LogP contribution in [0.25, 0.3) is 0 Å². The molecule has 2 rings (SSSR count). The smallest absolute Gasteiger partial charge is 0.220 e. The number of nitrogens with one attached hydrogen (secondary N) is 1. The van der Waals surface area contributed by atoms with E-state index in [0.29, 0.717) is 6.42 Å². The van der Waals surface area contributed by atoms with Gasteiger partial charge in [-0.2, -0.15) is 0 Å². The molecule has 1 amide bonds. The molecule has 2 aliphatic heterocycles. The van der Waals surface area contributed by atoms with Crippen molar-refractivity contribution in [2.45, 2.75) is 473 Å². The molecule has 100 heavy (non-hydrogen) atoms. The molecular formula is C86H161NO13. The van der Waals surface area contributed by atoms with Crippen molar-refractivity contribution >= 4 is 5.91 Å². The van der Waals surface area contributed by atoms with Crippen molar-refractivity contribution in [1.82, 2.24) is 5.32 Å². The zero-order valence-electron chi connectivity index (χ0n) is 64.7. The highest BCUT2D eigenvalue weighted by atomic mass is 16.7. The number of aliphatic hydroxyl groups excluding tert-OH is 8. The number of carbonyl (C=O) groups excluding carboxylic acids is 1. The third-order valence-electron chi connectivity index (χ3n) is 21.0. The molecule has 0 saturated carbocycles. The lowest BCUT2D eigenvalue weighted by molar-refractivity contribution is -0.359. The zero-order valence-corrected chi connectivity index (χ0v) is 64.7. The molecule has 0 aromatic carbocycles. The molecule has 14 nitrogen and oxygen atoms in total. The monoisotopic (exact) mass is 1420 g/mol. The van der Waals surface area contributed by atoms with Gasteiger partial charge in [-0.3, -0.25) is 4.79 Å². The van der Waals surface area contributed by atoms with Crippen LogP contribution in [0.1, 0.15) is 399 Å². The summed E-state index contributed by atoms with van der Waals surface area (Å²) < 4.78 is 23.0. The van der Waals surface area contributed by atoms with E-state index in [1.807, 2.05) is 6.08 Å². The van der Waals surface area contributed by atoms with Gasteiger partial charge in [-0.25, -0.2) is 0 Å². The number of ether oxygens (including phenoxy) is 4. The predicted molar refractivity (Wildman–Crippen MR) is 415 cm³/mol. The lowest BCUT2D eigenvalue weighted by Crippen LogP contribution is -2.65. The normalized spacial score (nSPS) is 22.0. The molecule has 12 atom stereocenters. The highest BCUT2D eigenvalue weighted by molar-refractivity contribution is 5.76. The molecule has 14 heteroatoms. The van der Waals surface area contributed by atoms with Gasteiger partial charge in [0.1, 0.15) is 48.8 Å². The molecule has 2 aliphatic rings. The van der Waals surface area contributed by atoms with Gasteiger partial charge in [-0.05, 0) is 57.8 Å². The first kappa shape index (κ1) is 94.0. The van der Waals surface area contributed by atoms with Gasteiger partial charge in [-0.1, -0.05) is 383 Å².